The average molecular weight is 328 g/mol. The van der Waals surface area contributed by atoms with E-state index in [1.54, 1.807) is 11.6 Å². The number of nitrogens with zero attached hydrogens (tertiary/aromatic N) is 3. The number of ether oxygens (including phenoxy) is 2. The van der Waals surface area contributed by atoms with Crippen LogP contribution in [-0.4, -0.2) is 31.8 Å². The van der Waals surface area contributed by atoms with Gasteiger partial charge in [-0.2, -0.15) is 4.98 Å². The smallest absolute Gasteiger partial charge is 0.329 e. The van der Waals surface area contributed by atoms with Crippen LogP contribution in [0, 0.1) is 6.92 Å². The molecule has 4 rings (SSSR count). The third-order valence-corrected chi connectivity index (χ3v) is 4.09. The highest BCUT2D eigenvalue weighted by molar-refractivity contribution is 5.72. The SMILES string of the molecule is Cc1ccc(OC[C@@H]2Cn3c(nc4c3c(=O)[nH]c(=O)n4C)O2)cc1. The zero-order valence-electron chi connectivity index (χ0n) is 13.3. The van der Waals surface area contributed by atoms with Crippen molar-refractivity contribution in [3.8, 4) is 11.8 Å². The summed E-state index contributed by atoms with van der Waals surface area (Å²) in [6, 6.07) is 8.08. The van der Waals surface area contributed by atoms with Crippen LogP contribution in [0.15, 0.2) is 33.9 Å². The summed E-state index contributed by atoms with van der Waals surface area (Å²) in [7, 11) is 1.56. The third kappa shape index (κ3) is 2.27. The van der Waals surface area contributed by atoms with E-state index in [1.807, 2.05) is 31.2 Å². The van der Waals surface area contributed by atoms with Gasteiger partial charge < -0.3 is 9.47 Å². The number of nitrogens with one attached hydrogen (secondary N) is 1. The van der Waals surface area contributed by atoms with E-state index < -0.39 is 11.2 Å². The topological polar surface area (TPSA) is 91.1 Å². The molecule has 8 nitrogen and oxygen atoms in total. The molecule has 2 aromatic heterocycles. The first-order valence-electron chi connectivity index (χ1n) is 7.58. The summed E-state index contributed by atoms with van der Waals surface area (Å²) < 4.78 is 14.4. The molecular formula is C16H16N4O4. The van der Waals surface area contributed by atoms with Crippen molar-refractivity contribution in [2.75, 3.05) is 6.61 Å². The summed E-state index contributed by atoms with van der Waals surface area (Å²) in [5.74, 6) is 0.763. The fourth-order valence-corrected chi connectivity index (χ4v) is 2.77. The first-order valence-corrected chi connectivity index (χ1v) is 7.58. The molecule has 0 radical (unpaired) electrons. The number of fused-ring (bicyclic) bond motifs is 3. The zero-order valence-corrected chi connectivity index (χ0v) is 13.3. The van der Waals surface area contributed by atoms with Crippen molar-refractivity contribution in [2.24, 2.45) is 7.05 Å². The van der Waals surface area contributed by atoms with Gasteiger partial charge in [-0.15, -0.1) is 0 Å². The summed E-state index contributed by atoms with van der Waals surface area (Å²) in [6.45, 7) is 2.80. The lowest BCUT2D eigenvalue weighted by molar-refractivity contribution is 0.144. The van der Waals surface area contributed by atoms with E-state index in [0.717, 1.165) is 11.3 Å². The molecule has 0 amide bonds. The normalized spacial score (nSPS) is 16.2. The molecule has 0 bridgehead atoms. The van der Waals surface area contributed by atoms with E-state index in [-0.39, 0.29) is 6.10 Å². The van der Waals surface area contributed by atoms with Gasteiger partial charge in [-0.05, 0) is 19.1 Å². The molecule has 3 heterocycles. The fourth-order valence-electron chi connectivity index (χ4n) is 2.77. The van der Waals surface area contributed by atoms with Gasteiger partial charge in [-0.3, -0.25) is 18.9 Å². The number of hydrogen-bond acceptors (Lipinski definition) is 5. The summed E-state index contributed by atoms with van der Waals surface area (Å²) in [4.78, 5) is 30.2. The largest absolute Gasteiger partial charge is 0.490 e. The molecule has 124 valence electrons. The molecule has 0 saturated carbocycles. The Morgan fingerprint density at radius 3 is 2.83 bits per heavy atom. The standard InChI is InChI=1S/C16H16N4O4/c1-9-3-5-10(6-4-9)23-8-11-7-20-12-13(17-16(20)24-11)19(2)15(22)18-14(12)21/h3-6,11H,7-8H2,1-2H3,(H,18,21,22)/t11-/m0/s1. The first kappa shape index (κ1) is 14.6. The lowest BCUT2D eigenvalue weighted by atomic mass is 10.2. The van der Waals surface area contributed by atoms with Crippen LogP contribution in [0.5, 0.6) is 11.8 Å². The Morgan fingerprint density at radius 1 is 1.33 bits per heavy atom. The van der Waals surface area contributed by atoms with E-state index >= 15 is 0 Å². The van der Waals surface area contributed by atoms with Crippen molar-refractivity contribution in [1.82, 2.24) is 19.1 Å². The van der Waals surface area contributed by atoms with Crippen LogP contribution in [0.4, 0.5) is 0 Å². The van der Waals surface area contributed by atoms with Crippen molar-refractivity contribution in [3.63, 3.8) is 0 Å². The predicted octanol–water partition coefficient (Wildman–Crippen LogP) is 0.572. The Morgan fingerprint density at radius 2 is 2.08 bits per heavy atom. The van der Waals surface area contributed by atoms with Crippen LogP contribution >= 0.6 is 0 Å². The van der Waals surface area contributed by atoms with Crippen LogP contribution in [0.3, 0.4) is 0 Å². The minimum Gasteiger partial charge on any atom is -0.490 e. The van der Waals surface area contributed by atoms with Crippen LogP contribution in [0.25, 0.3) is 11.2 Å². The van der Waals surface area contributed by atoms with Crippen LogP contribution in [0.1, 0.15) is 5.56 Å². The van der Waals surface area contributed by atoms with Gasteiger partial charge in [0.05, 0.1) is 6.54 Å². The van der Waals surface area contributed by atoms with Gasteiger partial charge in [-0.1, -0.05) is 17.7 Å². The number of rotatable bonds is 3. The molecule has 1 aliphatic rings. The van der Waals surface area contributed by atoms with Gasteiger partial charge in [0, 0.05) is 7.05 Å². The van der Waals surface area contributed by atoms with Crippen molar-refractivity contribution < 1.29 is 9.47 Å². The van der Waals surface area contributed by atoms with Crippen molar-refractivity contribution in [2.45, 2.75) is 19.6 Å². The van der Waals surface area contributed by atoms with Crippen molar-refractivity contribution >= 4 is 11.2 Å². The monoisotopic (exact) mass is 328 g/mol. The second-order valence-corrected chi connectivity index (χ2v) is 5.86. The highest BCUT2D eigenvalue weighted by Crippen LogP contribution is 2.25. The molecule has 0 aliphatic carbocycles. The van der Waals surface area contributed by atoms with Crippen LogP contribution < -0.4 is 20.7 Å². The Hall–Kier alpha value is -3.03. The number of benzene rings is 1. The van der Waals surface area contributed by atoms with Gasteiger partial charge >= 0.3 is 5.69 Å². The summed E-state index contributed by atoms with van der Waals surface area (Å²) >= 11 is 0. The number of aromatic amines is 1. The lowest BCUT2D eigenvalue weighted by Gasteiger charge is -2.11. The van der Waals surface area contributed by atoms with Crippen molar-refractivity contribution in [3.05, 3.63) is 50.7 Å². The molecule has 3 aromatic rings. The van der Waals surface area contributed by atoms with Crippen LogP contribution in [0.2, 0.25) is 0 Å². The van der Waals surface area contributed by atoms with Gasteiger partial charge in [0.25, 0.3) is 11.6 Å². The molecule has 0 spiro atoms. The van der Waals surface area contributed by atoms with Crippen LogP contribution in [-0.2, 0) is 13.6 Å². The first-order chi connectivity index (χ1) is 11.5. The molecular weight excluding hydrogens is 312 g/mol. The summed E-state index contributed by atoms with van der Waals surface area (Å²) in [6.07, 6.45) is -0.241. The maximum absolute atomic E-state index is 12.1. The minimum atomic E-state index is -0.497. The predicted molar refractivity (Wildman–Crippen MR) is 86.7 cm³/mol. The molecule has 24 heavy (non-hydrogen) atoms. The fraction of sp³-hybridized carbons (Fsp3) is 0.312. The highest BCUT2D eigenvalue weighted by atomic mass is 16.6. The van der Waals surface area contributed by atoms with Gasteiger partial charge in [0.15, 0.2) is 17.3 Å². The maximum atomic E-state index is 12.1. The highest BCUT2D eigenvalue weighted by Gasteiger charge is 2.29. The second kappa shape index (κ2) is 5.26. The maximum Gasteiger partial charge on any atom is 0.329 e. The average Bonchev–Trinajstić information content (AvgIpc) is 3.09. The molecule has 1 N–H and O–H groups in total. The molecule has 8 heteroatoms. The van der Waals surface area contributed by atoms with Gasteiger partial charge in [-0.25, -0.2) is 4.79 Å². The molecule has 0 saturated heterocycles. The van der Waals surface area contributed by atoms with Gasteiger partial charge in [0.2, 0.25) is 0 Å². The van der Waals surface area contributed by atoms with Crippen molar-refractivity contribution in [1.29, 1.82) is 0 Å². The zero-order chi connectivity index (χ0) is 16.8. The summed E-state index contributed by atoms with van der Waals surface area (Å²) in [5, 5.41) is 0. The Balaban J connectivity index is 1.56. The Kier molecular flexibility index (Phi) is 3.19. The number of hydrogen-bond donors (Lipinski definition) is 1. The minimum absolute atomic E-state index is 0.241. The van der Waals surface area contributed by atoms with E-state index in [9.17, 15) is 9.59 Å². The number of imidazole rings is 1. The molecule has 1 atom stereocenters. The molecule has 0 unspecified atom stereocenters. The van der Waals surface area contributed by atoms with E-state index in [0.29, 0.717) is 30.3 Å². The number of aromatic nitrogens is 4. The quantitative estimate of drug-likeness (QED) is 0.759. The van der Waals surface area contributed by atoms with E-state index in [4.69, 9.17) is 9.47 Å². The third-order valence-electron chi connectivity index (χ3n) is 4.09. The van der Waals surface area contributed by atoms with E-state index in [2.05, 4.69) is 9.97 Å². The second-order valence-electron chi connectivity index (χ2n) is 5.86. The molecule has 1 aromatic carbocycles. The Bertz CT molecular complexity index is 1030. The lowest BCUT2D eigenvalue weighted by Crippen LogP contribution is -2.30. The van der Waals surface area contributed by atoms with E-state index in [1.165, 1.54) is 4.57 Å². The number of aryl methyl sites for hydroxylation is 2. The Labute approximate surface area is 136 Å². The number of H-pyrrole nitrogens is 1. The summed E-state index contributed by atoms with van der Waals surface area (Å²) in [5.41, 5.74) is 0.858. The molecule has 1 aliphatic heterocycles. The van der Waals surface area contributed by atoms with Gasteiger partial charge in [0.1, 0.15) is 12.4 Å². The molecule has 0 fully saturated rings.